The molecular weight excluding hydrogens is 146 g/mol. The Hall–Kier alpha value is -0.980. The zero-order chi connectivity index (χ0) is 9.19. The largest absolute Gasteiger partial charge is 0.388 e. The maximum Gasteiger partial charge on any atom is 0.0340 e. The Bertz CT molecular complexity index is 258. The van der Waals surface area contributed by atoms with Crippen molar-refractivity contribution in [2.45, 2.75) is 26.2 Å². The van der Waals surface area contributed by atoms with E-state index in [2.05, 4.69) is 50.4 Å². The van der Waals surface area contributed by atoms with Gasteiger partial charge in [-0.1, -0.05) is 32.9 Å². The zero-order valence-electron chi connectivity index (χ0n) is 8.31. The minimum absolute atomic E-state index is 0.243. The van der Waals surface area contributed by atoms with E-state index < -0.39 is 0 Å². The highest BCUT2D eigenvalue weighted by atomic mass is 14.8. The molecule has 1 nitrogen and oxygen atoms in total. The van der Waals surface area contributed by atoms with Gasteiger partial charge in [-0.3, -0.25) is 0 Å². The number of hydrogen-bond donors (Lipinski definition) is 1. The van der Waals surface area contributed by atoms with Crippen LogP contribution < -0.4 is 5.32 Å². The zero-order valence-corrected chi connectivity index (χ0v) is 8.31. The Kier molecular flexibility index (Phi) is 2.41. The molecular formula is C11H17N. The average Bonchev–Trinajstić information content (AvgIpc) is 2.03. The molecule has 66 valence electrons. The number of rotatable bonds is 1. The van der Waals surface area contributed by atoms with Crippen molar-refractivity contribution >= 4 is 5.69 Å². The van der Waals surface area contributed by atoms with Crippen LogP contribution in [0.4, 0.5) is 5.69 Å². The van der Waals surface area contributed by atoms with Gasteiger partial charge in [0.05, 0.1) is 0 Å². The molecule has 0 bridgehead atoms. The van der Waals surface area contributed by atoms with Crippen LogP contribution in [0.15, 0.2) is 24.3 Å². The van der Waals surface area contributed by atoms with Crippen molar-refractivity contribution < 1.29 is 0 Å². The first kappa shape index (κ1) is 9.11. The van der Waals surface area contributed by atoms with Crippen LogP contribution in [0, 0.1) is 0 Å². The molecule has 0 aromatic heterocycles. The standard InChI is InChI=1S/C11H17N/c1-11(2,3)9-6-5-7-10(8-9)12-4/h5-8,12H,1-4H3. The second kappa shape index (κ2) is 3.18. The number of benzene rings is 1. The fraction of sp³-hybridized carbons (Fsp3) is 0.455. The second-order valence-corrected chi connectivity index (χ2v) is 4.08. The molecule has 1 rings (SSSR count). The summed E-state index contributed by atoms with van der Waals surface area (Å²) in [5.74, 6) is 0. The Labute approximate surface area is 74.8 Å². The summed E-state index contributed by atoms with van der Waals surface area (Å²) in [6, 6.07) is 8.53. The van der Waals surface area contributed by atoms with Crippen molar-refractivity contribution in [3.8, 4) is 0 Å². The van der Waals surface area contributed by atoms with Crippen molar-refractivity contribution in [2.75, 3.05) is 12.4 Å². The van der Waals surface area contributed by atoms with E-state index in [0.29, 0.717) is 0 Å². The normalized spacial score (nSPS) is 11.3. The van der Waals surface area contributed by atoms with Crippen LogP contribution in [-0.2, 0) is 5.41 Å². The van der Waals surface area contributed by atoms with Crippen LogP contribution in [0.1, 0.15) is 26.3 Å². The fourth-order valence-electron chi connectivity index (χ4n) is 1.14. The van der Waals surface area contributed by atoms with Crippen LogP contribution in [0.5, 0.6) is 0 Å². The van der Waals surface area contributed by atoms with Crippen LogP contribution >= 0.6 is 0 Å². The SMILES string of the molecule is CNc1cccc(C(C)(C)C)c1. The molecule has 0 fully saturated rings. The molecule has 0 atom stereocenters. The molecule has 0 heterocycles. The molecule has 0 aliphatic rings. The topological polar surface area (TPSA) is 12.0 Å². The molecule has 0 amide bonds. The van der Waals surface area contributed by atoms with Gasteiger partial charge >= 0.3 is 0 Å². The van der Waals surface area contributed by atoms with Gasteiger partial charge in [0, 0.05) is 12.7 Å². The highest BCUT2D eigenvalue weighted by Crippen LogP contribution is 2.24. The van der Waals surface area contributed by atoms with Gasteiger partial charge in [0.15, 0.2) is 0 Å². The highest BCUT2D eigenvalue weighted by molar-refractivity contribution is 5.46. The van der Waals surface area contributed by atoms with E-state index in [1.54, 1.807) is 0 Å². The predicted molar refractivity (Wildman–Crippen MR) is 54.7 cm³/mol. The first-order valence-electron chi connectivity index (χ1n) is 4.32. The summed E-state index contributed by atoms with van der Waals surface area (Å²) < 4.78 is 0. The van der Waals surface area contributed by atoms with Gasteiger partial charge in [0.1, 0.15) is 0 Å². The molecule has 0 unspecified atom stereocenters. The minimum Gasteiger partial charge on any atom is -0.388 e. The van der Waals surface area contributed by atoms with Gasteiger partial charge in [0.25, 0.3) is 0 Å². The van der Waals surface area contributed by atoms with E-state index in [9.17, 15) is 0 Å². The van der Waals surface area contributed by atoms with Crippen LogP contribution in [-0.4, -0.2) is 7.05 Å². The molecule has 0 aliphatic carbocycles. The lowest BCUT2D eigenvalue weighted by atomic mass is 9.87. The Morgan fingerprint density at radius 2 is 1.83 bits per heavy atom. The third kappa shape index (κ3) is 2.00. The minimum atomic E-state index is 0.243. The predicted octanol–water partition coefficient (Wildman–Crippen LogP) is 3.03. The van der Waals surface area contributed by atoms with Gasteiger partial charge < -0.3 is 5.32 Å². The molecule has 0 radical (unpaired) electrons. The van der Waals surface area contributed by atoms with E-state index in [0.717, 1.165) is 0 Å². The molecule has 0 aliphatic heterocycles. The first-order chi connectivity index (χ1) is 5.54. The summed E-state index contributed by atoms with van der Waals surface area (Å²) in [5, 5.41) is 3.14. The Morgan fingerprint density at radius 3 is 2.33 bits per heavy atom. The van der Waals surface area contributed by atoms with Gasteiger partial charge in [-0.05, 0) is 23.1 Å². The number of anilines is 1. The van der Waals surface area contributed by atoms with E-state index in [1.165, 1.54) is 11.3 Å². The summed E-state index contributed by atoms with van der Waals surface area (Å²) in [6.07, 6.45) is 0. The summed E-state index contributed by atoms with van der Waals surface area (Å²) >= 11 is 0. The molecule has 0 saturated carbocycles. The molecule has 0 spiro atoms. The number of hydrogen-bond acceptors (Lipinski definition) is 1. The van der Waals surface area contributed by atoms with Crippen LogP contribution in [0.3, 0.4) is 0 Å². The molecule has 1 heteroatoms. The molecule has 1 N–H and O–H groups in total. The quantitative estimate of drug-likeness (QED) is 0.671. The lowest BCUT2D eigenvalue weighted by Crippen LogP contribution is -2.10. The van der Waals surface area contributed by atoms with Gasteiger partial charge in [-0.25, -0.2) is 0 Å². The van der Waals surface area contributed by atoms with Crippen molar-refractivity contribution in [2.24, 2.45) is 0 Å². The van der Waals surface area contributed by atoms with Crippen molar-refractivity contribution in [3.05, 3.63) is 29.8 Å². The summed E-state index contributed by atoms with van der Waals surface area (Å²) in [7, 11) is 1.95. The third-order valence-corrected chi connectivity index (χ3v) is 2.02. The summed E-state index contributed by atoms with van der Waals surface area (Å²) in [5.41, 5.74) is 2.80. The Balaban J connectivity index is 3.02. The third-order valence-electron chi connectivity index (χ3n) is 2.02. The van der Waals surface area contributed by atoms with Crippen molar-refractivity contribution in [3.63, 3.8) is 0 Å². The van der Waals surface area contributed by atoms with E-state index in [1.807, 2.05) is 7.05 Å². The maximum atomic E-state index is 3.14. The van der Waals surface area contributed by atoms with E-state index >= 15 is 0 Å². The lowest BCUT2D eigenvalue weighted by Gasteiger charge is -2.19. The van der Waals surface area contributed by atoms with Crippen molar-refractivity contribution in [1.82, 2.24) is 0 Å². The number of nitrogens with one attached hydrogen (secondary N) is 1. The first-order valence-corrected chi connectivity index (χ1v) is 4.32. The average molecular weight is 163 g/mol. The van der Waals surface area contributed by atoms with E-state index in [4.69, 9.17) is 0 Å². The summed E-state index contributed by atoms with van der Waals surface area (Å²) in [6.45, 7) is 6.67. The maximum absolute atomic E-state index is 3.14. The molecule has 1 aromatic carbocycles. The van der Waals surface area contributed by atoms with Crippen LogP contribution in [0.25, 0.3) is 0 Å². The molecule has 12 heavy (non-hydrogen) atoms. The van der Waals surface area contributed by atoms with Gasteiger partial charge in [-0.15, -0.1) is 0 Å². The lowest BCUT2D eigenvalue weighted by molar-refractivity contribution is 0.590. The van der Waals surface area contributed by atoms with Crippen LogP contribution in [0.2, 0.25) is 0 Å². The second-order valence-electron chi connectivity index (χ2n) is 4.08. The Morgan fingerprint density at radius 1 is 1.17 bits per heavy atom. The van der Waals surface area contributed by atoms with Crippen molar-refractivity contribution in [1.29, 1.82) is 0 Å². The smallest absolute Gasteiger partial charge is 0.0340 e. The molecule has 0 saturated heterocycles. The van der Waals surface area contributed by atoms with E-state index in [-0.39, 0.29) is 5.41 Å². The highest BCUT2D eigenvalue weighted by Gasteiger charge is 2.12. The van der Waals surface area contributed by atoms with Gasteiger partial charge in [-0.2, -0.15) is 0 Å². The fourth-order valence-corrected chi connectivity index (χ4v) is 1.14. The van der Waals surface area contributed by atoms with Gasteiger partial charge in [0.2, 0.25) is 0 Å². The summed E-state index contributed by atoms with van der Waals surface area (Å²) in [4.78, 5) is 0. The molecule has 1 aromatic rings. The monoisotopic (exact) mass is 163 g/mol.